The van der Waals surface area contributed by atoms with Gasteiger partial charge in [-0.2, -0.15) is 0 Å². The van der Waals surface area contributed by atoms with E-state index < -0.39 is 6.85 Å². The number of aromatic nitrogens is 3. The third kappa shape index (κ3) is 1.99. The number of pyridine rings is 1. The number of hydrogen-bond acceptors (Lipinski definition) is 1. The van der Waals surface area contributed by atoms with Gasteiger partial charge in [0, 0.05) is 22.2 Å². The number of fused-ring (bicyclic) bond motifs is 5. The Kier molecular flexibility index (Phi) is 2.33. The first-order chi connectivity index (χ1) is 13.3. The molecule has 0 saturated carbocycles. The second-order valence-corrected chi connectivity index (χ2v) is 6.70. The number of nitrogens with zero attached hydrogens (tertiary/aromatic N) is 3. The van der Waals surface area contributed by atoms with Crippen LogP contribution in [-0.4, -0.2) is 9.55 Å². The van der Waals surface area contributed by atoms with E-state index in [1.165, 1.54) is 11.1 Å². The molecular formula is C22H20N3+. The summed E-state index contributed by atoms with van der Waals surface area (Å²) in [5, 5.41) is 0. The maximum atomic E-state index is 7.66. The summed E-state index contributed by atoms with van der Waals surface area (Å²) in [5.74, 6) is 1.05. The van der Waals surface area contributed by atoms with Gasteiger partial charge in [-0.25, -0.2) is 9.55 Å². The number of rotatable bonds is 1. The summed E-state index contributed by atoms with van der Waals surface area (Å²) in [6, 6.07) is 16.1. The smallest absolute Gasteiger partial charge is 0.212 e. The molecule has 0 unspecified atom stereocenters. The Morgan fingerprint density at radius 2 is 2.00 bits per heavy atom. The molecule has 2 aromatic carbocycles. The van der Waals surface area contributed by atoms with Crippen LogP contribution in [0.3, 0.4) is 0 Å². The van der Waals surface area contributed by atoms with E-state index in [1.54, 1.807) is 12.3 Å². The van der Waals surface area contributed by atoms with Crippen LogP contribution in [-0.2, 0) is 13.5 Å². The standard InChI is InChI=1S/C22H20N3/c1-14-8-10-20(24(3)13-14)22-15(2)9-11-18-16(22)12-21-23-17-6-4-5-7-19(17)25(18)21/h4-11,13H,12H2,1-3H3/q+1/i1D3. The van der Waals surface area contributed by atoms with Crippen LogP contribution in [0, 0.1) is 13.8 Å². The molecule has 0 amide bonds. The van der Waals surface area contributed by atoms with Gasteiger partial charge in [-0.05, 0) is 49.2 Å². The Balaban J connectivity index is 1.73. The zero-order valence-electron chi connectivity index (χ0n) is 17.2. The highest BCUT2D eigenvalue weighted by molar-refractivity contribution is 5.82. The Hall–Kier alpha value is -2.94. The minimum Gasteiger partial charge on any atom is -0.296 e. The van der Waals surface area contributed by atoms with Crippen molar-refractivity contribution in [1.82, 2.24) is 9.55 Å². The second kappa shape index (κ2) is 5.03. The molecule has 5 rings (SSSR count). The van der Waals surface area contributed by atoms with Crippen LogP contribution in [0.4, 0.5) is 0 Å². The molecule has 0 atom stereocenters. The fourth-order valence-corrected chi connectivity index (χ4v) is 3.99. The molecule has 3 nitrogen and oxygen atoms in total. The Labute approximate surface area is 151 Å². The molecule has 0 fully saturated rings. The van der Waals surface area contributed by atoms with Gasteiger partial charge in [0.15, 0.2) is 6.20 Å². The fraction of sp³-hybridized carbons (Fsp3) is 0.182. The predicted molar refractivity (Wildman–Crippen MR) is 100.0 cm³/mol. The van der Waals surface area contributed by atoms with Gasteiger partial charge in [0.05, 0.1) is 22.3 Å². The Bertz CT molecular complexity index is 1250. The zero-order chi connectivity index (χ0) is 19.6. The molecule has 0 spiro atoms. The van der Waals surface area contributed by atoms with Crippen molar-refractivity contribution in [2.24, 2.45) is 7.05 Å². The molecule has 0 N–H and O–H groups in total. The molecule has 25 heavy (non-hydrogen) atoms. The van der Waals surface area contributed by atoms with Crippen LogP contribution in [0.1, 0.15) is 26.6 Å². The lowest BCUT2D eigenvalue weighted by molar-refractivity contribution is -0.660. The molecule has 1 aliphatic heterocycles. The lowest BCUT2D eigenvalue weighted by atomic mass is 9.95. The maximum absolute atomic E-state index is 7.66. The summed E-state index contributed by atoms with van der Waals surface area (Å²) >= 11 is 0. The number of hydrogen-bond donors (Lipinski definition) is 0. The van der Waals surface area contributed by atoms with E-state index in [-0.39, 0.29) is 0 Å². The largest absolute Gasteiger partial charge is 0.296 e. The first-order valence-corrected chi connectivity index (χ1v) is 8.44. The first kappa shape index (κ1) is 11.6. The van der Waals surface area contributed by atoms with Crippen LogP contribution in [0.2, 0.25) is 0 Å². The number of imidazole rings is 1. The van der Waals surface area contributed by atoms with Gasteiger partial charge in [0.2, 0.25) is 5.69 Å². The molecule has 0 radical (unpaired) electrons. The van der Waals surface area contributed by atoms with Gasteiger partial charge in [0.25, 0.3) is 0 Å². The summed E-state index contributed by atoms with van der Waals surface area (Å²) in [4.78, 5) is 4.82. The van der Waals surface area contributed by atoms with Gasteiger partial charge in [0.1, 0.15) is 12.9 Å². The van der Waals surface area contributed by atoms with Gasteiger partial charge < -0.3 is 0 Å². The Morgan fingerprint density at radius 3 is 2.84 bits per heavy atom. The van der Waals surface area contributed by atoms with E-state index >= 15 is 0 Å². The van der Waals surface area contributed by atoms with E-state index in [9.17, 15) is 0 Å². The van der Waals surface area contributed by atoms with Crippen LogP contribution < -0.4 is 4.57 Å². The van der Waals surface area contributed by atoms with E-state index in [2.05, 4.69) is 29.7 Å². The van der Waals surface area contributed by atoms with Crippen LogP contribution in [0.25, 0.3) is 28.0 Å². The quantitative estimate of drug-likeness (QED) is 0.425. The van der Waals surface area contributed by atoms with Crippen molar-refractivity contribution in [3.8, 4) is 16.9 Å². The van der Waals surface area contributed by atoms with Crippen molar-refractivity contribution in [1.29, 1.82) is 0 Å². The van der Waals surface area contributed by atoms with Crippen LogP contribution in [0.15, 0.2) is 54.7 Å². The minimum absolute atomic E-state index is 0.350. The number of benzene rings is 2. The molecule has 4 aromatic rings. The van der Waals surface area contributed by atoms with Crippen molar-refractivity contribution in [2.75, 3.05) is 0 Å². The minimum atomic E-state index is -2.11. The maximum Gasteiger partial charge on any atom is 0.212 e. The topological polar surface area (TPSA) is 21.7 Å². The normalized spacial score (nSPS) is 14.7. The summed E-state index contributed by atoms with van der Waals surface area (Å²) in [6.45, 7) is -0.00237. The van der Waals surface area contributed by atoms with Crippen molar-refractivity contribution in [3.05, 3.63) is 77.2 Å². The van der Waals surface area contributed by atoms with Crippen molar-refractivity contribution < 1.29 is 8.68 Å². The van der Waals surface area contributed by atoms with Crippen molar-refractivity contribution in [2.45, 2.75) is 20.2 Å². The first-order valence-electron chi connectivity index (χ1n) is 9.94. The highest BCUT2D eigenvalue weighted by Gasteiger charge is 2.28. The number of para-hydroxylation sites is 2. The molecular weight excluding hydrogens is 306 g/mol. The molecule has 0 saturated heterocycles. The van der Waals surface area contributed by atoms with Gasteiger partial charge >= 0.3 is 0 Å². The highest BCUT2D eigenvalue weighted by Crippen LogP contribution is 2.38. The molecule has 0 bridgehead atoms. The van der Waals surface area contributed by atoms with E-state index in [0.29, 0.717) is 5.56 Å². The average molecular weight is 329 g/mol. The zero-order valence-corrected chi connectivity index (χ0v) is 14.2. The SMILES string of the molecule is [2H]C([2H])([2H])c1ccc(-c2c(C)ccc3c2Cc2nc4ccccc4n2-3)[n+](C)c1. The van der Waals surface area contributed by atoms with Gasteiger partial charge in [-0.15, -0.1) is 0 Å². The fourth-order valence-electron chi connectivity index (χ4n) is 3.99. The number of aryl methyl sites for hydroxylation is 3. The van der Waals surface area contributed by atoms with Crippen molar-refractivity contribution >= 4 is 11.0 Å². The van der Waals surface area contributed by atoms with Crippen molar-refractivity contribution in [3.63, 3.8) is 0 Å². The molecule has 3 heterocycles. The molecule has 2 aromatic heterocycles. The third-order valence-corrected chi connectivity index (χ3v) is 5.09. The van der Waals surface area contributed by atoms with Crippen LogP contribution in [0.5, 0.6) is 0 Å². The molecule has 0 aliphatic carbocycles. The summed E-state index contributed by atoms with van der Waals surface area (Å²) < 4.78 is 27.1. The predicted octanol–water partition coefficient (Wildman–Crippen LogP) is 4.04. The highest BCUT2D eigenvalue weighted by atomic mass is 15.1. The molecule has 1 aliphatic rings. The molecule has 3 heteroatoms. The van der Waals surface area contributed by atoms with Gasteiger partial charge in [-0.3, -0.25) is 4.57 Å². The summed E-state index contributed by atoms with van der Waals surface area (Å²) in [5.41, 5.74) is 8.22. The summed E-state index contributed by atoms with van der Waals surface area (Å²) in [6.07, 6.45) is 2.48. The molecule has 122 valence electrons. The van der Waals surface area contributed by atoms with E-state index in [4.69, 9.17) is 9.10 Å². The van der Waals surface area contributed by atoms with E-state index in [0.717, 1.165) is 40.2 Å². The second-order valence-electron chi connectivity index (χ2n) is 6.70. The monoisotopic (exact) mass is 329 g/mol. The third-order valence-electron chi connectivity index (χ3n) is 5.09. The summed E-state index contributed by atoms with van der Waals surface area (Å²) in [7, 11) is 1.91. The Morgan fingerprint density at radius 1 is 1.12 bits per heavy atom. The average Bonchev–Trinajstić information content (AvgIpc) is 3.17. The lowest BCUT2D eigenvalue weighted by Crippen LogP contribution is -2.31. The van der Waals surface area contributed by atoms with Gasteiger partial charge in [-0.1, -0.05) is 18.2 Å². The van der Waals surface area contributed by atoms with Crippen LogP contribution >= 0.6 is 0 Å². The van der Waals surface area contributed by atoms with E-state index in [1.807, 2.05) is 35.9 Å². The lowest BCUT2D eigenvalue weighted by Gasteiger charge is -2.12.